The van der Waals surface area contributed by atoms with Crippen molar-refractivity contribution in [2.24, 2.45) is 0 Å². The van der Waals surface area contributed by atoms with E-state index in [0.29, 0.717) is 0 Å². The van der Waals surface area contributed by atoms with Crippen LogP contribution in [-0.2, 0) is 0 Å². The summed E-state index contributed by atoms with van der Waals surface area (Å²) < 4.78 is 20.4. The van der Waals surface area contributed by atoms with Gasteiger partial charge in [0.15, 0.2) is 11.6 Å². The van der Waals surface area contributed by atoms with E-state index < -0.39 is 0 Å². The van der Waals surface area contributed by atoms with Crippen LogP contribution in [0.15, 0.2) is 30.5 Å². The van der Waals surface area contributed by atoms with Crippen LogP contribution in [0.25, 0.3) is 11.3 Å². The molecule has 1 heterocycles. The van der Waals surface area contributed by atoms with Gasteiger partial charge in [0.2, 0.25) is 0 Å². The first-order valence-corrected chi connectivity index (χ1v) is 5.51. The number of ether oxygens (including phenoxy) is 1. The second-order valence-electron chi connectivity index (χ2n) is 4.10. The van der Waals surface area contributed by atoms with Crippen LogP contribution in [0.2, 0.25) is 0 Å². The van der Waals surface area contributed by atoms with Crippen LogP contribution in [0.5, 0.6) is 5.75 Å². The highest BCUT2D eigenvalue weighted by Gasteiger charge is 2.10. The summed E-state index contributed by atoms with van der Waals surface area (Å²) in [5, 5.41) is 4.23. The lowest BCUT2D eigenvalue weighted by molar-refractivity contribution is 0.386. The van der Waals surface area contributed by atoms with Crippen LogP contribution in [0.4, 0.5) is 4.39 Å². The quantitative estimate of drug-likeness (QED) is 0.814. The first-order chi connectivity index (χ1) is 8.13. The molecule has 0 unspecified atom stereocenters. The maximum Gasteiger partial charge on any atom is 0.165 e. The molecule has 1 aromatic carbocycles. The highest BCUT2D eigenvalue weighted by molar-refractivity contribution is 5.60. The van der Waals surface area contributed by atoms with Crippen molar-refractivity contribution in [2.45, 2.75) is 19.9 Å². The van der Waals surface area contributed by atoms with Crippen LogP contribution in [0.3, 0.4) is 0 Å². The van der Waals surface area contributed by atoms with E-state index in [-0.39, 0.29) is 17.6 Å². The van der Waals surface area contributed by atoms with Crippen molar-refractivity contribution in [3.63, 3.8) is 0 Å². The summed E-state index contributed by atoms with van der Waals surface area (Å²) in [6, 6.07) is 7.04. The summed E-state index contributed by atoms with van der Waals surface area (Å²) in [5.41, 5.74) is 1.70. The largest absolute Gasteiger partial charge is 0.494 e. The molecule has 3 nitrogen and oxygen atoms in total. The Morgan fingerprint density at radius 2 is 2.06 bits per heavy atom. The lowest BCUT2D eigenvalue weighted by Crippen LogP contribution is -2.04. The predicted octanol–water partition coefficient (Wildman–Crippen LogP) is 3.28. The average molecular weight is 234 g/mol. The number of methoxy groups -OCH3 is 1. The third-order valence-corrected chi connectivity index (χ3v) is 2.61. The molecule has 0 aliphatic heterocycles. The minimum Gasteiger partial charge on any atom is -0.494 e. The van der Waals surface area contributed by atoms with E-state index in [1.54, 1.807) is 12.3 Å². The Kier molecular flexibility index (Phi) is 3.13. The minimum atomic E-state index is -0.360. The number of nitrogens with zero attached hydrogens (tertiary/aromatic N) is 2. The summed E-state index contributed by atoms with van der Waals surface area (Å²) in [6.07, 6.45) is 1.72. The van der Waals surface area contributed by atoms with Gasteiger partial charge in [0, 0.05) is 17.8 Å². The van der Waals surface area contributed by atoms with Crippen LogP contribution in [0, 0.1) is 5.82 Å². The molecule has 0 aliphatic rings. The Morgan fingerprint density at radius 1 is 1.29 bits per heavy atom. The summed E-state index contributed by atoms with van der Waals surface area (Å²) >= 11 is 0. The molecule has 17 heavy (non-hydrogen) atoms. The monoisotopic (exact) mass is 234 g/mol. The lowest BCUT2D eigenvalue weighted by atomic mass is 10.1. The van der Waals surface area contributed by atoms with E-state index in [9.17, 15) is 4.39 Å². The lowest BCUT2D eigenvalue weighted by Gasteiger charge is -2.11. The first-order valence-electron chi connectivity index (χ1n) is 5.51. The van der Waals surface area contributed by atoms with E-state index in [2.05, 4.69) is 5.10 Å². The molecule has 0 saturated heterocycles. The van der Waals surface area contributed by atoms with Crippen molar-refractivity contribution >= 4 is 0 Å². The van der Waals surface area contributed by atoms with E-state index in [4.69, 9.17) is 4.74 Å². The molecule has 4 heteroatoms. The van der Waals surface area contributed by atoms with E-state index >= 15 is 0 Å². The normalized spacial score (nSPS) is 10.9. The van der Waals surface area contributed by atoms with Gasteiger partial charge >= 0.3 is 0 Å². The molecule has 2 rings (SSSR count). The fourth-order valence-electron chi connectivity index (χ4n) is 1.78. The van der Waals surface area contributed by atoms with Crippen LogP contribution < -0.4 is 4.74 Å². The van der Waals surface area contributed by atoms with Crippen LogP contribution >= 0.6 is 0 Å². The highest BCUT2D eigenvalue weighted by Crippen LogP contribution is 2.26. The van der Waals surface area contributed by atoms with Gasteiger partial charge in [0.05, 0.1) is 12.8 Å². The van der Waals surface area contributed by atoms with Crippen LogP contribution in [-0.4, -0.2) is 16.9 Å². The van der Waals surface area contributed by atoms with E-state index in [1.807, 2.05) is 30.7 Å². The van der Waals surface area contributed by atoms with Gasteiger partial charge in [-0.3, -0.25) is 4.68 Å². The molecule has 0 aliphatic carbocycles. The molecule has 90 valence electrons. The second kappa shape index (κ2) is 4.57. The Morgan fingerprint density at radius 3 is 2.65 bits per heavy atom. The van der Waals surface area contributed by atoms with Gasteiger partial charge in [0.25, 0.3) is 0 Å². The summed E-state index contributed by atoms with van der Waals surface area (Å²) in [4.78, 5) is 0. The fraction of sp³-hybridized carbons (Fsp3) is 0.308. The van der Waals surface area contributed by atoms with E-state index in [1.165, 1.54) is 13.2 Å². The van der Waals surface area contributed by atoms with Gasteiger partial charge in [0.1, 0.15) is 0 Å². The summed E-state index contributed by atoms with van der Waals surface area (Å²) in [6.45, 7) is 4.08. The molecular weight excluding hydrogens is 219 g/mol. The number of hydrogen-bond donors (Lipinski definition) is 0. The summed E-state index contributed by atoms with van der Waals surface area (Å²) in [5.74, 6) is -0.106. The molecule has 0 saturated carbocycles. The molecule has 1 aromatic heterocycles. The van der Waals surface area contributed by atoms with Gasteiger partial charge < -0.3 is 4.74 Å². The van der Waals surface area contributed by atoms with Gasteiger partial charge in [-0.05, 0) is 38.1 Å². The molecule has 0 amide bonds. The Hall–Kier alpha value is -1.84. The number of benzene rings is 1. The average Bonchev–Trinajstić information content (AvgIpc) is 2.77. The zero-order valence-corrected chi connectivity index (χ0v) is 10.1. The topological polar surface area (TPSA) is 27.1 Å². The molecule has 0 N–H and O–H groups in total. The fourth-order valence-corrected chi connectivity index (χ4v) is 1.78. The Balaban J connectivity index is 2.46. The minimum absolute atomic E-state index is 0.241. The number of halogens is 1. The predicted molar refractivity (Wildman–Crippen MR) is 64.6 cm³/mol. The second-order valence-corrected chi connectivity index (χ2v) is 4.10. The molecule has 0 bridgehead atoms. The maximum absolute atomic E-state index is 13.6. The SMILES string of the molecule is COc1ccc(-c2ccnn2C(C)C)cc1F. The van der Waals surface area contributed by atoms with E-state index in [0.717, 1.165) is 11.3 Å². The van der Waals surface area contributed by atoms with Crippen LogP contribution in [0.1, 0.15) is 19.9 Å². The highest BCUT2D eigenvalue weighted by atomic mass is 19.1. The van der Waals surface area contributed by atoms with Crippen molar-refractivity contribution in [2.75, 3.05) is 7.11 Å². The molecule has 0 atom stereocenters. The molecular formula is C13H15FN2O. The molecule has 0 fully saturated rings. The van der Waals surface area contributed by atoms with Crippen molar-refractivity contribution in [3.8, 4) is 17.0 Å². The van der Waals surface area contributed by atoms with Crippen molar-refractivity contribution < 1.29 is 9.13 Å². The van der Waals surface area contributed by atoms with Crippen molar-refractivity contribution in [3.05, 3.63) is 36.3 Å². The van der Waals surface area contributed by atoms with Crippen molar-refractivity contribution in [1.29, 1.82) is 0 Å². The third kappa shape index (κ3) is 2.16. The standard InChI is InChI=1S/C13H15FN2O/c1-9(2)16-12(6-7-15-16)10-4-5-13(17-3)11(14)8-10/h4-9H,1-3H3. The van der Waals surface area contributed by atoms with Gasteiger partial charge in [-0.15, -0.1) is 0 Å². The number of aromatic nitrogens is 2. The Bertz CT molecular complexity index is 520. The Labute approximate surface area is 99.8 Å². The summed E-state index contributed by atoms with van der Waals surface area (Å²) in [7, 11) is 1.45. The zero-order chi connectivity index (χ0) is 12.4. The number of hydrogen-bond acceptors (Lipinski definition) is 2. The molecule has 0 spiro atoms. The maximum atomic E-state index is 13.6. The van der Waals surface area contributed by atoms with Gasteiger partial charge in [-0.2, -0.15) is 5.10 Å². The zero-order valence-electron chi connectivity index (χ0n) is 10.1. The molecule has 0 radical (unpaired) electrons. The third-order valence-electron chi connectivity index (χ3n) is 2.61. The van der Waals surface area contributed by atoms with Gasteiger partial charge in [-0.1, -0.05) is 0 Å². The smallest absolute Gasteiger partial charge is 0.165 e. The first kappa shape index (κ1) is 11.6. The number of rotatable bonds is 3. The van der Waals surface area contributed by atoms with Crippen molar-refractivity contribution in [1.82, 2.24) is 9.78 Å². The van der Waals surface area contributed by atoms with Gasteiger partial charge in [-0.25, -0.2) is 4.39 Å². The molecule has 2 aromatic rings.